The van der Waals surface area contributed by atoms with Crippen molar-refractivity contribution in [1.29, 1.82) is 0 Å². The Balaban J connectivity index is 2.34. The zero-order valence-corrected chi connectivity index (χ0v) is 12.2. The van der Waals surface area contributed by atoms with E-state index in [1.54, 1.807) is 30.3 Å². The number of hydrogen-bond donors (Lipinski definition) is 2. The highest BCUT2D eigenvalue weighted by atomic mass is 16.6. The number of aliphatic hydroxyl groups is 1. The molecule has 1 aromatic heterocycles. The lowest BCUT2D eigenvalue weighted by Crippen LogP contribution is -2.37. The van der Waals surface area contributed by atoms with E-state index in [1.165, 1.54) is 25.4 Å². The lowest BCUT2D eigenvalue weighted by Gasteiger charge is -2.22. The fourth-order valence-corrected chi connectivity index (χ4v) is 2.04. The summed E-state index contributed by atoms with van der Waals surface area (Å²) >= 11 is 0. The molecule has 2 aromatic rings. The first-order chi connectivity index (χ1) is 11.0. The molecule has 0 amide bonds. The number of rotatable bonds is 6. The molecule has 2 atom stereocenters. The van der Waals surface area contributed by atoms with E-state index in [0.717, 1.165) is 0 Å². The number of nitro groups is 1. The second-order valence-electron chi connectivity index (χ2n) is 4.63. The molecule has 8 heteroatoms. The van der Waals surface area contributed by atoms with Gasteiger partial charge in [0.05, 0.1) is 12.0 Å². The Morgan fingerprint density at radius 2 is 2.00 bits per heavy atom. The van der Waals surface area contributed by atoms with Gasteiger partial charge in [-0.15, -0.1) is 0 Å². The summed E-state index contributed by atoms with van der Waals surface area (Å²) in [6.45, 7) is 0. The van der Waals surface area contributed by atoms with Gasteiger partial charge < -0.3 is 15.2 Å². The van der Waals surface area contributed by atoms with Gasteiger partial charge in [-0.2, -0.15) is 0 Å². The van der Waals surface area contributed by atoms with Gasteiger partial charge in [-0.1, -0.05) is 30.3 Å². The van der Waals surface area contributed by atoms with Crippen LogP contribution < -0.4 is 5.32 Å². The number of carbonyl (C=O) groups is 1. The van der Waals surface area contributed by atoms with Crippen LogP contribution in [-0.4, -0.2) is 34.1 Å². The van der Waals surface area contributed by atoms with Crippen LogP contribution in [0.3, 0.4) is 0 Å². The molecule has 2 N–H and O–H groups in total. The Labute approximate surface area is 131 Å². The van der Waals surface area contributed by atoms with Gasteiger partial charge in [0.25, 0.3) is 0 Å². The van der Waals surface area contributed by atoms with E-state index >= 15 is 0 Å². The molecular formula is C15H15N3O5. The van der Waals surface area contributed by atoms with E-state index in [9.17, 15) is 20.0 Å². The lowest BCUT2D eigenvalue weighted by atomic mass is 10.0. The summed E-state index contributed by atoms with van der Waals surface area (Å²) in [4.78, 5) is 26.2. The Hall–Kier alpha value is -3.00. The van der Waals surface area contributed by atoms with Crippen molar-refractivity contribution in [3.8, 4) is 0 Å². The second-order valence-corrected chi connectivity index (χ2v) is 4.63. The third kappa shape index (κ3) is 3.80. The zero-order valence-electron chi connectivity index (χ0n) is 12.2. The van der Waals surface area contributed by atoms with Crippen LogP contribution >= 0.6 is 0 Å². The molecule has 1 aromatic carbocycles. The van der Waals surface area contributed by atoms with Gasteiger partial charge in [-0.05, 0) is 11.6 Å². The maximum absolute atomic E-state index is 12.0. The SMILES string of the molecule is COC(=O)[C@H](Nc1ncccc1[N+](=O)[O-])[C@@H](O)c1ccccc1. The molecule has 0 spiro atoms. The maximum atomic E-state index is 12.0. The van der Waals surface area contributed by atoms with Crippen LogP contribution in [0.4, 0.5) is 11.5 Å². The average Bonchev–Trinajstić information content (AvgIpc) is 2.59. The molecule has 0 saturated heterocycles. The predicted octanol–water partition coefficient (Wildman–Crippen LogP) is 1.68. The largest absolute Gasteiger partial charge is 0.467 e. The van der Waals surface area contributed by atoms with E-state index in [4.69, 9.17) is 0 Å². The van der Waals surface area contributed by atoms with E-state index in [0.29, 0.717) is 5.56 Å². The Kier molecular flexibility index (Phi) is 5.21. The summed E-state index contributed by atoms with van der Waals surface area (Å²) in [5, 5.41) is 24.0. The number of methoxy groups -OCH3 is 1. The minimum absolute atomic E-state index is 0.122. The molecule has 1 heterocycles. The van der Waals surface area contributed by atoms with E-state index in [1.807, 2.05) is 0 Å². The third-order valence-corrected chi connectivity index (χ3v) is 3.19. The van der Waals surface area contributed by atoms with Gasteiger partial charge in [0.2, 0.25) is 5.82 Å². The molecule has 0 aliphatic carbocycles. The van der Waals surface area contributed by atoms with Gasteiger partial charge in [0.15, 0.2) is 6.04 Å². The highest BCUT2D eigenvalue weighted by Crippen LogP contribution is 2.25. The quantitative estimate of drug-likeness (QED) is 0.473. The average molecular weight is 317 g/mol. The fraction of sp³-hybridized carbons (Fsp3) is 0.200. The van der Waals surface area contributed by atoms with Crippen molar-refractivity contribution >= 4 is 17.5 Å². The summed E-state index contributed by atoms with van der Waals surface area (Å²) in [6.07, 6.45) is 0.0868. The molecule has 0 aliphatic rings. The molecule has 23 heavy (non-hydrogen) atoms. The van der Waals surface area contributed by atoms with Crippen molar-refractivity contribution in [3.05, 3.63) is 64.3 Å². The second kappa shape index (κ2) is 7.32. The van der Waals surface area contributed by atoms with Crippen molar-refractivity contribution in [1.82, 2.24) is 4.98 Å². The highest BCUT2D eigenvalue weighted by Gasteiger charge is 2.31. The van der Waals surface area contributed by atoms with Crippen LogP contribution in [0.15, 0.2) is 48.7 Å². The van der Waals surface area contributed by atoms with Crippen molar-refractivity contribution in [3.63, 3.8) is 0 Å². The number of nitrogens with one attached hydrogen (secondary N) is 1. The summed E-state index contributed by atoms with van der Waals surface area (Å²) in [5.41, 5.74) is 0.163. The molecule has 2 rings (SSSR count). The van der Waals surface area contributed by atoms with Gasteiger partial charge in [0.1, 0.15) is 6.10 Å². The van der Waals surface area contributed by atoms with Crippen LogP contribution in [0, 0.1) is 10.1 Å². The van der Waals surface area contributed by atoms with Crippen molar-refractivity contribution in [2.75, 3.05) is 12.4 Å². The number of nitrogens with zero attached hydrogens (tertiary/aromatic N) is 2. The first-order valence-electron chi connectivity index (χ1n) is 6.71. The highest BCUT2D eigenvalue weighted by molar-refractivity contribution is 5.80. The molecule has 0 saturated carbocycles. The first-order valence-corrected chi connectivity index (χ1v) is 6.71. The molecule has 0 fully saturated rings. The van der Waals surface area contributed by atoms with E-state index < -0.39 is 23.0 Å². The molecule has 8 nitrogen and oxygen atoms in total. The van der Waals surface area contributed by atoms with Crippen LogP contribution in [0.5, 0.6) is 0 Å². The van der Waals surface area contributed by atoms with Gasteiger partial charge >= 0.3 is 11.7 Å². The minimum Gasteiger partial charge on any atom is -0.467 e. The predicted molar refractivity (Wildman–Crippen MR) is 81.7 cm³/mol. The standard InChI is InChI=1S/C15H15N3O5/c1-23-15(20)12(13(19)10-6-3-2-4-7-10)17-14-11(18(21)22)8-5-9-16-14/h2-9,12-13,19H,1H3,(H,16,17)/t12-,13+/m1/s1. The molecule has 120 valence electrons. The molecule has 0 unspecified atom stereocenters. The minimum atomic E-state index is -1.26. The Morgan fingerprint density at radius 3 is 2.61 bits per heavy atom. The third-order valence-electron chi connectivity index (χ3n) is 3.19. The number of carbonyl (C=O) groups excluding carboxylic acids is 1. The molecular weight excluding hydrogens is 302 g/mol. The van der Waals surface area contributed by atoms with Crippen LogP contribution in [0.25, 0.3) is 0 Å². The number of ether oxygens (including phenoxy) is 1. The monoisotopic (exact) mass is 317 g/mol. The molecule has 0 radical (unpaired) electrons. The number of aliphatic hydroxyl groups excluding tert-OH is 1. The Morgan fingerprint density at radius 1 is 1.30 bits per heavy atom. The number of pyridine rings is 1. The number of aromatic nitrogens is 1. The summed E-state index contributed by atoms with van der Waals surface area (Å²) in [6, 6.07) is 9.86. The lowest BCUT2D eigenvalue weighted by molar-refractivity contribution is -0.384. The van der Waals surface area contributed by atoms with E-state index in [-0.39, 0.29) is 11.5 Å². The normalized spacial score (nSPS) is 13.0. The van der Waals surface area contributed by atoms with Crippen LogP contribution in [0.2, 0.25) is 0 Å². The van der Waals surface area contributed by atoms with Crippen molar-refractivity contribution < 1.29 is 19.6 Å². The van der Waals surface area contributed by atoms with Crippen molar-refractivity contribution in [2.45, 2.75) is 12.1 Å². The molecule has 0 bridgehead atoms. The summed E-state index contributed by atoms with van der Waals surface area (Å²) < 4.78 is 4.67. The summed E-state index contributed by atoms with van der Waals surface area (Å²) in [5.74, 6) is -0.885. The molecule has 0 aliphatic heterocycles. The first kappa shape index (κ1) is 16.4. The smallest absolute Gasteiger partial charge is 0.331 e. The topological polar surface area (TPSA) is 115 Å². The van der Waals surface area contributed by atoms with E-state index in [2.05, 4.69) is 15.0 Å². The fourth-order valence-electron chi connectivity index (χ4n) is 2.04. The number of anilines is 1. The number of hydrogen-bond acceptors (Lipinski definition) is 7. The van der Waals surface area contributed by atoms with Gasteiger partial charge in [-0.3, -0.25) is 10.1 Å². The number of benzene rings is 1. The van der Waals surface area contributed by atoms with Gasteiger partial charge in [-0.25, -0.2) is 9.78 Å². The van der Waals surface area contributed by atoms with Crippen molar-refractivity contribution in [2.24, 2.45) is 0 Å². The Bertz CT molecular complexity index is 693. The van der Waals surface area contributed by atoms with Crippen LogP contribution in [0.1, 0.15) is 11.7 Å². The zero-order chi connectivity index (χ0) is 16.8. The van der Waals surface area contributed by atoms with Gasteiger partial charge in [0, 0.05) is 12.3 Å². The van der Waals surface area contributed by atoms with Crippen LogP contribution in [-0.2, 0) is 9.53 Å². The maximum Gasteiger partial charge on any atom is 0.331 e. The number of esters is 1. The summed E-state index contributed by atoms with van der Waals surface area (Å²) in [7, 11) is 1.17.